The van der Waals surface area contributed by atoms with Crippen LogP contribution in [0.2, 0.25) is 15.2 Å². The highest BCUT2D eigenvalue weighted by Gasteiger charge is 2.24. The number of rotatable bonds is 5. The van der Waals surface area contributed by atoms with Crippen LogP contribution in [0.15, 0.2) is 42.9 Å². The summed E-state index contributed by atoms with van der Waals surface area (Å²) in [5.74, 6) is -0.114. The van der Waals surface area contributed by atoms with Crippen molar-refractivity contribution in [1.82, 2.24) is 15.0 Å². The number of aromatic nitrogens is 3. The number of nitrogens with one attached hydrogen (secondary N) is 2. The van der Waals surface area contributed by atoms with Crippen molar-refractivity contribution in [3.8, 4) is 0 Å². The molecule has 26 heavy (non-hydrogen) atoms. The quantitative estimate of drug-likeness (QED) is 0.336. The van der Waals surface area contributed by atoms with Gasteiger partial charge in [-0.25, -0.2) is 15.0 Å². The Balaban J connectivity index is 2.03. The number of benzene rings is 1. The van der Waals surface area contributed by atoms with Gasteiger partial charge in [0.2, 0.25) is 11.6 Å². The normalized spacial score (nSPS) is 10.4. The van der Waals surface area contributed by atoms with Gasteiger partial charge in [-0.3, -0.25) is 10.1 Å². The summed E-state index contributed by atoms with van der Waals surface area (Å²) in [5, 5.41) is 17.9. The molecule has 0 atom stereocenters. The minimum Gasteiger partial charge on any atom is -0.333 e. The Bertz CT molecular complexity index is 985. The van der Waals surface area contributed by atoms with Crippen molar-refractivity contribution in [2.75, 3.05) is 10.6 Å². The van der Waals surface area contributed by atoms with E-state index in [0.29, 0.717) is 16.4 Å². The Hall–Kier alpha value is -2.68. The first-order valence-corrected chi connectivity index (χ1v) is 8.18. The van der Waals surface area contributed by atoms with Crippen molar-refractivity contribution < 1.29 is 4.92 Å². The molecule has 132 valence electrons. The SMILES string of the molecule is O=[N+]([O-])c1c(Nc2cccnc2Cl)ncnc1Nc1cccc(Cl)c1Cl. The Morgan fingerprint density at radius 2 is 1.58 bits per heavy atom. The number of hydrogen-bond acceptors (Lipinski definition) is 7. The smallest absolute Gasteiger partial charge is 0.333 e. The zero-order valence-corrected chi connectivity index (χ0v) is 15.0. The second kappa shape index (κ2) is 7.69. The Morgan fingerprint density at radius 3 is 2.23 bits per heavy atom. The van der Waals surface area contributed by atoms with Gasteiger partial charge in [-0.05, 0) is 24.3 Å². The van der Waals surface area contributed by atoms with E-state index >= 15 is 0 Å². The molecule has 0 spiro atoms. The summed E-state index contributed by atoms with van der Waals surface area (Å²) in [7, 11) is 0. The summed E-state index contributed by atoms with van der Waals surface area (Å²) in [6.45, 7) is 0. The van der Waals surface area contributed by atoms with E-state index in [1.807, 2.05) is 0 Å². The third-order valence-corrected chi connectivity index (χ3v) is 4.34. The van der Waals surface area contributed by atoms with Gasteiger partial charge in [-0.15, -0.1) is 0 Å². The second-order valence-electron chi connectivity index (χ2n) is 4.87. The highest BCUT2D eigenvalue weighted by atomic mass is 35.5. The van der Waals surface area contributed by atoms with Crippen molar-refractivity contribution in [2.24, 2.45) is 0 Å². The molecule has 0 unspecified atom stereocenters. The number of anilines is 4. The molecular weight excluding hydrogens is 403 g/mol. The minimum absolute atomic E-state index is 0.0550. The van der Waals surface area contributed by atoms with E-state index in [0.717, 1.165) is 0 Å². The molecular formula is C15H9Cl3N6O2. The van der Waals surface area contributed by atoms with Gasteiger partial charge in [0.05, 0.1) is 26.3 Å². The zero-order valence-electron chi connectivity index (χ0n) is 12.8. The lowest BCUT2D eigenvalue weighted by Gasteiger charge is -2.11. The molecule has 0 aliphatic rings. The highest BCUT2D eigenvalue weighted by molar-refractivity contribution is 6.43. The van der Waals surface area contributed by atoms with Crippen LogP contribution in [0.5, 0.6) is 0 Å². The maximum absolute atomic E-state index is 11.6. The molecule has 0 saturated heterocycles. The van der Waals surface area contributed by atoms with Crippen LogP contribution in [0.25, 0.3) is 0 Å². The summed E-state index contributed by atoms with van der Waals surface area (Å²) in [6, 6.07) is 8.11. The molecule has 0 saturated carbocycles. The molecule has 3 aromatic rings. The molecule has 0 bridgehead atoms. The molecule has 0 fully saturated rings. The van der Waals surface area contributed by atoms with Gasteiger partial charge in [0.1, 0.15) is 6.33 Å². The predicted molar refractivity (Wildman–Crippen MR) is 101 cm³/mol. The van der Waals surface area contributed by atoms with E-state index in [2.05, 4.69) is 25.6 Å². The first-order valence-electron chi connectivity index (χ1n) is 7.05. The molecule has 8 nitrogen and oxygen atoms in total. The van der Waals surface area contributed by atoms with Crippen molar-refractivity contribution in [1.29, 1.82) is 0 Å². The van der Waals surface area contributed by atoms with E-state index in [-0.39, 0.29) is 27.5 Å². The van der Waals surface area contributed by atoms with Crippen LogP contribution in [-0.4, -0.2) is 19.9 Å². The van der Waals surface area contributed by atoms with Crippen LogP contribution >= 0.6 is 34.8 Å². The first-order chi connectivity index (χ1) is 12.5. The lowest BCUT2D eigenvalue weighted by molar-refractivity contribution is -0.383. The van der Waals surface area contributed by atoms with Crippen molar-refractivity contribution >= 4 is 63.5 Å². The van der Waals surface area contributed by atoms with Gasteiger partial charge < -0.3 is 10.6 Å². The number of nitro groups is 1. The minimum atomic E-state index is -0.618. The first kappa shape index (κ1) is 18.1. The largest absolute Gasteiger partial charge is 0.353 e. The standard InChI is InChI=1S/C15H9Cl3N6O2/c16-8-3-1-4-9(11(8)17)22-14-12(24(25)26)15(21-7-20-14)23-10-5-2-6-19-13(10)18/h1-7H,(H2,20,21,22,23). The number of hydrogen-bond donors (Lipinski definition) is 2. The molecule has 2 N–H and O–H groups in total. The molecule has 3 rings (SSSR count). The van der Waals surface area contributed by atoms with Gasteiger partial charge in [-0.1, -0.05) is 40.9 Å². The number of nitrogens with zero attached hydrogens (tertiary/aromatic N) is 4. The average molecular weight is 412 g/mol. The lowest BCUT2D eigenvalue weighted by atomic mass is 10.3. The van der Waals surface area contributed by atoms with Crippen molar-refractivity contribution in [3.05, 3.63) is 68.2 Å². The van der Waals surface area contributed by atoms with E-state index in [1.54, 1.807) is 30.3 Å². The number of pyridine rings is 1. The van der Waals surface area contributed by atoms with Crippen LogP contribution in [0.4, 0.5) is 28.7 Å². The fraction of sp³-hybridized carbons (Fsp3) is 0. The maximum atomic E-state index is 11.6. The van der Waals surface area contributed by atoms with E-state index in [9.17, 15) is 10.1 Å². The molecule has 2 heterocycles. The van der Waals surface area contributed by atoms with Gasteiger partial charge >= 0.3 is 5.69 Å². The zero-order chi connectivity index (χ0) is 18.7. The maximum Gasteiger partial charge on any atom is 0.353 e. The van der Waals surface area contributed by atoms with Gasteiger partial charge in [0.25, 0.3) is 0 Å². The predicted octanol–water partition coefficient (Wildman–Crippen LogP) is 5.23. The second-order valence-corrected chi connectivity index (χ2v) is 6.01. The average Bonchev–Trinajstić information content (AvgIpc) is 2.61. The fourth-order valence-corrected chi connectivity index (χ4v) is 2.58. The van der Waals surface area contributed by atoms with Crippen molar-refractivity contribution in [2.45, 2.75) is 0 Å². The van der Waals surface area contributed by atoms with Crippen LogP contribution in [-0.2, 0) is 0 Å². The fourth-order valence-electron chi connectivity index (χ4n) is 2.07. The molecule has 11 heteroatoms. The summed E-state index contributed by atoms with van der Waals surface area (Å²) in [5.41, 5.74) is 0.345. The summed E-state index contributed by atoms with van der Waals surface area (Å²) >= 11 is 18.1. The monoisotopic (exact) mass is 410 g/mol. The molecule has 0 aliphatic carbocycles. The van der Waals surface area contributed by atoms with Crippen LogP contribution in [0.3, 0.4) is 0 Å². The summed E-state index contributed by atoms with van der Waals surface area (Å²) in [4.78, 5) is 22.7. The third-order valence-electron chi connectivity index (χ3n) is 3.22. The van der Waals surface area contributed by atoms with Gasteiger partial charge in [-0.2, -0.15) is 0 Å². The van der Waals surface area contributed by atoms with E-state index < -0.39 is 4.92 Å². The highest BCUT2D eigenvalue weighted by Crippen LogP contribution is 2.37. The lowest BCUT2D eigenvalue weighted by Crippen LogP contribution is -2.06. The molecule has 0 radical (unpaired) electrons. The van der Waals surface area contributed by atoms with Crippen LogP contribution in [0.1, 0.15) is 0 Å². The Morgan fingerprint density at radius 1 is 0.923 bits per heavy atom. The molecule has 1 aromatic carbocycles. The number of halogens is 3. The Kier molecular flexibility index (Phi) is 5.36. The molecule has 2 aromatic heterocycles. The summed E-state index contributed by atoms with van der Waals surface area (Å²) in [6.07, 6.45) is 2.66. The van der Waals surface area contributed by atoms with Crippen LogP contribution < -0.4 is 10.6 Å². The van der Waals surface area contributed by atoms with Gasteiger partial charge in [0.15, 0.2) is 5.15 Å². The van der Waals surface area contributed by atoms with Crippen molar-refractivity contribution in [3.63, 3.8) is 0 Å². The molecule has 0 amide bonds. The van der Waals surface area contributed by atoms with E-state index in [1.165, 1.54) is 12.5 Å². The Labute approximate surface area is 162 Å². The topological polar surface area (TPSA) is 106 Å². The van der Waals surface area contributed by atoms with E-state index in [4.69, 9.17) is 34.8 Å². The molecule has 0 aliphatic heterocycles. The van der Waals surface area contributed by atoms with Gasteiger partial charge in [0, 0.05) is 6.20 Å². The third kappa shape index (κ3) is 3.77. The van der Waals surface area contributed by atoms with Crippen LogP contribution in [0, 0.1) is 10.1 Å². The summed E-state index contributed by atoms with van der Waals surface area (Å²) < 4.78 is 0.